The van der Waals surface area contributed by atoms with Crippen LogP contribution in [0.4, 0.5) is 0 Å². The average molecular weight is 228 g/mol. The number of esters is 2. The third kappa shape index (κ3) is 1.08. The number of carbonyl (C=O) groups is 2. The van der Waals surface area contributed by atoms with Crippen LogP contribution in [0.5, 0.6) is 0 Å². The molecule has 6 heteroatoms. The zero-order valence-electron chi connectivity index (χ0n) is 8.60. The molecule has 88 valence electrons. The molecule has 0 aromatic carbocycles. The Morgan fingerprint density at radius 1 is 1.25 bits per heavy atom. The van der Waals surface area contributed by atoms with Gasteiger partial charge in [0.25, 0.3) is 0 Å². The highest BCUT2D eigenvalue weighted by Crippen LogP contribution is 2.51. The molecule has 0 unspecified atom stereocenters. The fraction of sp³-hybridized carbons (Fsp3) is 0.800. The van der Waals surface area contributed by atoms with E-state index >= 15 is 0 Å². The van der Waals surface area contributed by atoms with Crippen LogP contribution in [0, 0.1) is 5.41 Å². The Hall–Kier alpha value is -1.14. The minimum Gasteiger partial charge on any atom is -0.465 e. The molecular weight excluding hydrogens is 216 g/mol. The number of rotatable bonds is 1. The van der Waals surface area contributed by atoms with E-state index in [9.17, 15) is 14.7 Å². The molecule has 3 saturated heterocycles. The first-order valence-electron chi connectivity index (χ1n) is 5.20. The summed E-state index contributed by atoms with van der Waals surface area (Å²) in [6, 6.07) is 0. The van der Waals surface area contributed by atoms with E-state index in [0.29, 0.717) is 0 Å². The smallest absolute Gasteiger partial charge is 0.309 e. The molecule has 3 fully saturated rings. The molecule has 3 rings (SSSR count). The van der Waals surface area contributed by atoms with Crippen LogP contribution < -0.4 is 0 Å². The SMILES string of the molecule is O=C1C[C@]2(CO1)CO[C@]1(CO)CC(=O)O[C@H]21. The molecule has 3 atom stereocenters. The Labute approximate surface area is 91.5 Å². The van der Waals surface area contributed by atoms with Crippen molar-refractivity contribution in [3.05, 3.63) is 0 Å². The van der Waals surface area contributed by atoms with E-state index in [0.717, 1.165) is 0 Å². The molecular formula is C10H12O6. The van der Waals surface area contributed by atoms with Gasteiger partial charge in [-0.05, 0) is 0 Å². The lowest BCUT2D eigenvalue weighted by Gasteiger charge is -2.28. The summed E-state index contributed by atoms with van der Waals surface area (Å²) in [6.45, 7) is 0.210. The Bertz CT molecular complexity index is 366. The van der Waals surface area contributed by atoms with Crippen molar-refractivity contribution < 1.29 is 28.9 Å². The standard InChI is InChI=1S/C10H12O6/c11-3-10-2-7(13)16-8(10)9(5-15-10)1-6(12)14-4-9/h8,11H,1-5H2/t8-,9+,10+/m1/s1. The van der Waals surface area contributed by atoms with Crippen LogP contribution >= 0.6 is 0 Å². The number of ether oxygens (including phenoxy) is 3. The summed E-state index contributed by atoms with van der Waals surface area (Å²) in [5.41, 5.74) is -1.56. The maximum absolute atomic E-state index is 11.3. The third-order valence-electron chi connectivity index (χ3n) is 3.66. The van der Waals surface area contributed by atoms with Gasteiger partial charge in [0.05, 0.1) is 31.5 Å². The van der Waals surface area contributed by atoms with Crippen LogP contribution in [-0.4, -0.2) is 48.6 Å². The summed E-state index contributed by atoms with van der Waals surface area (Å²) in [4.78, 5) is 22.5. The van der Waals surface area contributed by atoms with Gasteiger partial charge in [-0.2, -0.15) is 0 Å². The van der Waals surface area contributed by atoms with Crippen molar-refractivity contribution >= 4 is 11.9 Å². The molecule has 16 heavy (non-hydrogen) atoms. The summed E-state index contributed by atoms with van der Waals surface area (Å²) in [5, 5.41) is 9.37. The van der Waals surface area contributed by atoms with E-state index in [1.165, 1.54) is 0 Å². The van der Waals surface area contributed by atoms with E-state index in [1.807, 2.05) is 0 Å². The highest BCUT2D eigenvalue weighted by Gasteiger charge is 2.67. The van der Waals surface area contributed by atoms with Crippen molar-refractivity contribution in [1.82, 2.24) is 0 Å². The van der Waals surface area contributed by atoms with E-state index in [1.54, 1.807) is 0 Å². The lowest BCUT2D eigenvalue weighted by atomic mass is 9.77. The lowest BCUT2D eigenvalue weighted by Crippen LogP contribution is -2.45. The Balaban J connectivity index is 1.95. The van der Waals surface area contributed by atoms with Gasteiger partial charge in [0.1, 0.15) is 18.3 Å². The van der Waals surface area contributed by atoms with Gasteiger partial charge in [-0.1, -0.05) is 0 Å². The zero-order valence-corrected chi connectivity index (χ0v) is 8.60. The molecule has 0 saturated carbocycles. The molecule has 0 radical (unpaired) electrons. The Kier molecular flexibility index (Phi) is 1.85. The average Bonchev–Trinajstić information content (AvgIpc) is 2.85. The van der Waals surface area contributed by atoms with Crippen molar-refractivity contribution in [2.24, 2.45) is 5.41 Å². The highest BCUT2D eigenvalue weighted by molar-refractivity contribution is 5.76. The number of cyclic esters (lactones) is 1. The molecule has 0 amide bonds. The van der Waals surface area contributed by atoms with Gasteiger partial charge < -0.3 is 19.3 Å². The molecule has 0 aromatic heterocycles. The van der Waals surface area contributed by atoms with Crippen molar-refractivity contribution in [2.75, 3.05) is 19.8 Å². The monoisotopic (exact) mass is 228 g/mol. The minimum atomic E-state index is -0.967. The summed E-state index contributed by atoms with van der Waals surface area (Å²) in [5.74, 6) is -0.697. The van der Waals surface area contributed by atoms with Crippen molar-refractivity contribution in [2.45, 2.75) is 24.5 Å². The van der Waals surface area contributed by atoms with Crippen LogP contribution in [-0.2, 0) is 23.8 Å². The first-order chi connectivity index (χ1) is 7.60. The molecule has 1 N–H and O–H groups in total. The van der Waals surface area contributed by atoms with E-state index in [-0.39, 0.29) is 38.6 Å². The van der Waals surface area contributed by atoms with E-state index in [2.05, 4.69) is 0 Å². The fourth-order valence-corrected chi connectivity index (χ4v) is 2.85. The number of hydrogen-bond donors (Lipinski definition) is 1. The largest absolute Gasteiger partial charge is 0.465 e. The second-order valence-corrected chi connectivity index (χ2v) is 4.76. The summed E-state index contributed by atoms with van der Waals surface area (Å²) < 4.78 is 15.7. The van der Waals surface area contributed by atoms with Gasteiger partial charge in [-0.15, -0.1) is 0 Å². The fourth-order valence-electron chi connectivity index (χ4n) is 2.85. The van der Waals surface area contributed by atoms with E-state index < -0.39 is 23.1 Å². The summed E-state index contributed by atoms with van der Waals surface area (Å²) >= 11 is 0. The van der Waals surface area contributed by atoms with Gasteiger partial charge >= 0.3 is 11.9 Å². The number of carbonyl (C=O) groups excluding carboxylic acids is 2. The number of aliphatic hydroxyl groups is 1. The van der Waals surface area contributed by atoms with Gasteiger partial charge in [0.15, 0.2) is 0 Å². The van der Waals surface area contributed by atoms with Crippen LogP contribution in [0.3, 0.4) is 0 Å². The lowest BCUT2D eigenvalue weighted by molar-refractivity contribution is -0.145. The third-order valence-corrected chi connectivity index (χ3v) is 3.66. The maximum Gasteiger partial charge on any atom is 0.309 e. The quantitative estimate of drug-likeness (QED) is 0.579. The van der Waals surface area contributed by atoms with Gasteiger partial charge in [0, 0.05) is 0 Å². The Morgan fingerprint density at radius 2 is 2.06 bits per heavy atom. The van der Waals surface area contributed by atoms with Crippen molar-refractivity contribution in [3.63, 3.8) is 0 Å². The van der Waals surface area contributed by atoms with Crippen LogP contribution in [0.2, 0.25) is 0 Å². The highest BCUT2D eigenvalue weighted by atomic mass is 16.6. The van der Waals surface area contributed by atoms with Gasteiger partial charge in [0.2, 0.25) is 0 Å². The number of hydrogen-bond acceptors (Lipinski definition) is 6. The predicted molar refractivity (Wildman–Crippen MR) is 48.3 cm³/mol. The number of fused-ring (bicyclic) bond motifs is 2. The normalized spacial score (nSPS) is 45.9. The minimum absolute atomic E-state index is 0.0457. The van der Waals surface area contributed by atoms with Crippen LogP contribution in [0.25, 0.3) is 0 Å². The van der Waals surface area contributed by atoms with Crippen molar-refractivity contribution in [1.29, 1.82) is 0 Å². The second-order valence-electron chi connectivity index (χ2n) is 4.76. The molecule has 6 nitrogen and oxygen atoms in total. The van der Waals surface area contributed by atoms with Crippen LogP contribution in [0.1, 0.15) is 12.8 Å². The first kappa shape index (κ1) is 10.0. The summed E-state index contributed by atoms with van der Waals surface area (Å²) in [7, 11) is 0. The number of aliphatic hydroxyl groups excluding tert-OH is 1. The second kappa shape index (κ2) is 2.95. The van der Waals surface area contributed by atoms with Crippen LogP contribution in [0.15, 0.2) is 0 Å². The first-order valence-corrected chi connectivity index (χ1v) is 5.20. The molecule has 0 bridgehead atoms. The van der Waals surface area contributed by atoms with E-state index in [4.69, 9.17) is 14.2 Å². The van der Waals surface area contributed by atoms with Gasteiger partial charge in [-0.25, -0.2) is 0 Å². The summed E-state index contributed by atoms with van der Waals surface area (Å²) in [6.07, 6.45) is -0.333. The predicted octanol–water partition coefficient (Wildman–Crippen LogP) is -1.00. The maximum atomic E-state index is 11.3. The molecule has 0 aliphatic carbocycles. The topological polar surface area (TPSA) is 82.1 Å². The molecule has 3 heterocycles. The zero-order chi connectivity index (χ0) is 11.4. The molecule has 3 aliphatic heterocycles. The van der Waals surface area contributed by atoms with Gasteiger partial charge in [-0.3, -0.25) is 9.59 Å². The molecule has 0 aromatic rings. The molecule has 3 aliphatic rings. The molecule has 1 spiro atoms. The van der Waals surface area contributed by atoms with Crippen molar-refractivity contribution in [3.8, 4) is 0 Å². The Morgan fingerprint density at radius 3 is 2.69 bits per heavy atom.